The number of hydrogen-bond donors (Lipinski definition) is 0. The van der Waals surface area contributed by atoms with Crippen LogP contribution in [0.1, 0.15) is 32.3 Å². The van der Waals surface area contributed by atoms with Crippen LogP contribution in [0, 0.1) is 0 Å². The van der Waals surface area contributed by atoms with Gasteiger partial charge in [0.2, 0.25) is 0 Å². The van der Waals surface area contributed by atoms with Crippen LogP contribution in [-0.2, 0) is 45.5 Å². The number of hydrogen-bond acceptors (Lipinski definition) is 10. The SMILES string of the molecule is C=NN(C)[PH](=S)C(C)(CCC)Oc1ccc(CCN(CP(=O)(OC)OC)CP(=O)(OC)OC)cc1. The molecule has 10 nitrogen and oxygen atoms in total. The van der Waals surface area contributed by atoms with Crippen molar-refractivity contribution in [2.24, 2.45) is 5.10 Å². The van der Waals surface area contributed by atoms with Crippen molar-refractivity contribution in [3.8, 4) is 5.75 Å². The smallest absolute Gasteiger partial charge is 0.344 e. The maximum absolute atomic E-state index is 12.7. The Morgan fingerprint density at radius 3 is 1.91 bits per heavy atom. The summed E-state index contributed by atoms with van der Waals surface area (Å²) in [7, 11) is 0.355. The molecule has 0 saturated carbocycles. The van der Waals surface area contributed by atoms with E-state index < -0.39 is 27.4 Å². The molecular weight excluding hydrogens is 531 g/mol. The molecule has 1 aromatic rings. The summed E-state index contributed by atoms with van der Waals surface area (Å²) in [6, 6.07) is 7.74. The zero-order valence-corrected chi connectivity index (χ0v) is 25.4. The first-order valence-electron chi connectivity index (χ1n) is 11.1. The zero-order valence-electron chi connectivity index (χ0n) is 21.8. The van der Waals surface area contributed by atoms with E-state index in [0.29, 0.717) is 13.0 Å². The third kappa shape index (κ3) is 9.99. The summed E-state index contributed by atoms with van der Waals surface area (Å²) in [5.74, 6) is 0.720. The topological polar surface area (TPSA) is 99.1 Å². The molecule has 0 aromatic heterocycles. The molecule has 35 heavy (non-hydrogen) atoms. The summed E-state index contributed by atoms with van der Waals surface area (Å²) >= 11 is 5.76. The lowest BCUT2D eigenvalue weighted by atomic mass is 10.1. The average molecular weight is 572 g/mol. The van der Waals surface area contributed by atoms with E-state index in [1.165, 1.54) is 28.4 Å². The number of rotatable bonds is 18. The second-order valence-corrected chi connectivity index (χ2v) is 16.0. The summed E-state index contributed by atoms with van der Waals surface area (Å²) in [6.07, 6.45) is 2.22. The molecule has 0 saturated heterocycles. The molecule has 0 amide bonds. The van der Waals surface area contributed by atoms with Gasteiger partial charge in [0.1, 0.15) is 23.7 Å². The summed E-state index contributed by atoms with van der Waals surface area (Å²) in [5.41, 5.74) is 1.02. The Balaban J connectivity index is 2.98. The van der Waals surface area contributed by atoms with E-state index >= 15 is 0 Å². The van der Waals surface area contributed by atoms with Crippen molar-refractivity contribution in [2.75, 3.05) is 54.6 Å². The number of ether oxygens (including phenoxy) is 1. The van der Waals surface area contributed by atoms with Crippen LogP contribution in [0.15, 0.2) is 29.4 Å². The van der Waals surface area contributed by atoms with Crippen LogP contribution < -0.4 is 4.74 Å². The van der Waals surface area contributed by atoms with E-state index in [9.17, 15) is 9.13 Å². The predicted molar refractivity (Wildman–Crippen MR) is 147 cm³/mol. The molecule has 0 bridgehead atoms. The fraction of sp³-hybridized carbons (Fsp3) is 0.667. The van der Waals surface area contributed by atoms with Gasteiger partial charge in [-0.2, -0.15) is 5.10 Å². The van der Waals surface area contributed by atoms with Crippen molar-refractivity contribution in [3.05, 3.63) is 29.8 Å². The van der Waals surface area contributed by atoms with Crippen molar-refractivity contribution in [1.82, 2.24) is 9.68 Å². The normalized spacial score (nSPS) is 15.0. The molecule has 0 aliphatic rings. The fourth-order valence-corrected chi connectivity index (χ4v) is 7.88. The van der Waals surface area contributed by atoms with Gasteiger partial charge in [-0.1, -0.05) is 37.3 Å². The molecular formula is C21H40N3O7P3S. The third-order valence-electron chi connectivity index (χ3n) is 5.53. The van der Waals surface area contributed by atoms with Gasteiger partial charge in [0, 0.05) is 48.7 Å². The average Bonchev–Trinajstić information content (AvgIpc) is 2.87. The highest BCUT2D eigenvalue weighted by molar-refractivity contribution is 8.04. The molecule has 0 aliphatic heterocycles. The molecule has 202 valence electrons. The molecule has 0 fully saturated rings. The zero-order chi connectivity index (χ0) is 26.7. The van der Waals surface area contributed by atoms with E-state index in [4.69, 9.17) is 34.6 Å². The van der Waals surface area contributed by atoms with Crippen LogP contribution in [0.5, 0.6) is 5.75 Å². The maximum Gasteiger partial charge on any atom is 0.344 e. The minimum atomic E-state index is -3.37. The van der Waals surface area contributed by atoms with Gasteiger partial charge in [0.25, 0.3) is 0 Å². The highest BCUT2D eigenvalue weighted by atomic mass is 32.4. The molecule has 0 aliphatic carbocycles. The molecule has 1 rings (SSSR count). The van der Waals surface area contributed by atoms with Gasteiger partial charge in [-0.3, -0.25) is 18.8 Å². The van der Waals surface area contributed by atoms with Crippen LogP contribution in [0.25, 0.3) is 0 Å². The van der Waals surface area contributed by atoms with Crippen LogP contribution in [0.3, 0.4) is 0 Å². The summed E-state index contributed by atoms with van der Waals surface area (Å²) in [5, 5.41) is 3.45. The van der Waals surface area contributed by atoms with Gasteiger partial charge < -0.3 is 22.8 Å². The van der Waals surface area contributed by atoms with Crippen molar-refractivity contribution in [1.29, 1.82) is 0 Å². The van der Waals surface area contributed by atoms with Crippen LogP contribution in [0.2, 0.25) is 0 Å². The van der Waals surface area contributed by atoms with Gasteiger partial charge in [0.05, 0.1) is 6.85 Å². The molecule has 1 aromatic carbocycles. The molecule has 0 spiro atoms. The molecule has 14 heteroatoms. The summed E-state index contributed by atoms with van der Waals surface area (Å²) < 4.78 is 53.7. The highest BCUT2D eigenvalue weighted by Gasteiger charge is 2.33. The van der Waals surface area contributed by atoms with Gasteiger partial charge >= 0.3 is 15.2 Å². The minimum Gasteiger partial charge on any atom is -0.481 e. The van der Waals surface area contributed by atoms with Crippen LogP contribution in [0.4, 0.5) is 0 Å². The van der Waals surface area contributed by atoms with Gasteiger partial charge in [-0.05, 0) is 37.5 Å². The quantitative estimate of drug-likeness (QED) is 0.128. The highest BCUT2D eigenvalue weighted by Crippen LogP contribution is 2.51. The second-order valence-electron chi connectivity index (χ2n) is 8.08. The molecule has 2 unspecified atom stereocenters. The van der Waals surface area contributed by atoms with Crippen molar-refractivity contribution >= 4 is 40.6 Å². The summed E-state index contributed by atoms with van der Waals surface area (Å²) in [6.45, 7) is 6.60. The van der Waals surface area contributed by atoms with Crippen molar-refractivity contribution < 1.29 is 32.0 Å². The Kier molecular flexibility index (Phi) is 13.9. The van der Waals surface area contributed by atoms with Crippen LogP contribution >= 0.6 is 22.0 Å². The Labute approximate surface area is 215 Å². The second kappa shape index (κ2) is 15.0. The molecule has 0 heterocycles. The van der Waals surface area contributed by atoms with Gasteiger partial charge in [0.15, 0.2) is 0 Å². The number of benzene rings is 1. The Bertz CT molecular complexity index is 878. The Hall–Kier alpha value is -0.600. The van der Waals surface area contributed by atoms with E-state index in [1.807, 2.05) is 38.2 Å². The van der Waals surface area contributed by atoms with E-state index in [2.05, 4.69) is 18.7 Å². The molecule has 0 radical (unpaired) electrons. The first kappa shape index (κ1) is 32.4. The van der Waals surface area contributed by atoms with Gasteiger partial charge in [-0.25, -0.2) is 0 Å². The molecule has 2 atom stereocenters. The first-order valence-corrected chi connectivity index (χ1v) is 17.1. The monoisotopic (exact) mass is 571 g/mol. The van der Waals surface area contributed by atoms with E-state index in [-0.39, 0.29) is 12.6 Å². The number of nitrogens with zero attached hydrogens (tertiary/aromatic N) is 3. The van der Waals surface area contributed by atoms with E-state index in [0.717, 1.165) is 24.2 Å². The van der Waals surface area contributed by atoms with Crippen molar-refractivity contribution in [2.45, 2.75) is 38.5 Å². The largest absolute Gasteiger partial charge is 0.481 e. The third-order valence-corrected chi connectivity index (χ3v) is 13.3. The first-order chi connectivity index (χ1) is 16.4. The minimum absolute atomic E-state index is 0.0538. The van der Waals surface area contributed by atoms with Gasteiger partial charge in [-0.15, -0.1) is 0 Å². The lowest BCUT2D eigenvalue weighted by Gasteiger charge is -2.35. The standard InChI is InChI=1S/C21H40N3O7P3S/c1-9-15-21(2,32(35)23(4)22-3)31-20-12-10-19(11-13-20)14-16-24(17-33(25,27-5)28-6)18-34(26,29-7)30-8/h10-13,32H,3,9,14-18H2,1-2,4-8H3. The predicted octanol–water partition coefficient (Wildman–Crippen LogP) is 5.45. The lowest BCUT2D eigenvalue weighted by Crippen LogP contribution is -2.31. The Morgan fingerprint density at radius 1 is 1.03 bits per heavy atom. The molecule has 0 N–H and O–H groups in total. The lowest BCUT2D eigenvalue weighted by molar-refractivity contribution is 0.164. The Morgan fingerprint density at radius 2 is 1.51 bits per heavy atom. The fourth-order valence-electron chi connectivity index (χ4n) is 3.41. The van der Waals surface area contributed by atoms with Crippen LogP contribution in [-0.4, -0.2) is 76.3 Å². The number of hydrazone groups is 1. The van der Waals surface area contributed by atoms with E-state index in [1.54, 1.807) is 9.68 Å². The maximum atomic E-state index is 12.7. The summed E-state index contributed by atoms with van der Waals surface area (Å²) in [4.78, 5) is 1.70. The van der Waals surface area contributed by atoms with Crippen molar-refractivity contribution in [3.63, 3.8) is 0 Å².